The smallest absolute Gasteiger partial charge is 0.402 e. The molecular formula is C21H26F3N5O2. The summed E-state index contributed by atoms with van der Waals surface area (Å²) in [4.78, 5) is 6.43. The number of nitrogens with zero attached hydrogens (tertiary/aromatic N) is 4. The van der Waals surface area contributed by atoms with Crippen molar-refractivity contribution in [3.63, 3.8) is 0 Å². The van der Waals surface area contributed by atoms with Gasteiger partial charge in [-0.15, -0.1) is 13.2 Å². The molecule has 4 aliphatic rings. The maximum absolute atomic E-state index is 12.7. The van der Waals surface area contributed by atoms with Crippen molar-refractivity contribution in [3.05, 3.63) is 24.0 Å². The zero-order chi connectivity index (χ0) is 21.9. The number of ether oxygens (including phenoxy) is 2. The predicted molar refractivity (Wildman–Crippen MR) is 107 cm³/mol. The van der Waals surface area contributed by atoms with E-state index in [2.05, 4.69) is 28.5 Å². The Morgan fingerprint density at radius 3 is 2.48 bits per heavy atom. The zero-order valence-corrected chi connectivity index (χ0v) is 17.5. The summed E-state index contributed by atoms with van der Waals surface area (Å²) in [6.07, 6.45) is -2.19. The number of alkyl halides is 3. The van der Waals surface area contributed by atoms with Gasteiger partial charge in [0.25, 0.3) is 0 Å². The van der Waals surface area contributed by atoms with Gasteiger partial charge in [0.15, 0.2) is 11.6 Å². The summed E-state index contributed by atoms with van der Waals surface area (Å²) in [6, 6.07) is 3.93. The van der Waals surface area contributed by atoms with Crippen molar-refractivity contribution >= 4 is 5.82 Å². The van der Waals surface area contributed by atoms with Crippen LogP contribution in [0.15, 0.2) is 18.3 Å². The maximum Gasteiger partial charge on any atom is 0.573 e. The highest BCUT2D eigenvalue weighted by Gasteiger charge is 2.50. The second-order valence-electron chi connectivity index (χ2n) is 9.07. The number of hydrogen-bond acceptors (Lipinski definition) is 6. The van der Waals surface area contributed by atoms with Gasteiger partial charge in [-0.25, -0.2) is 4.98 Å². The lowest BCUT2D eigenvalue weighted by Gasteiger charge is -2.56. The van der Waals surface area contributed by atoms with Gasteiger partial charge < -0.3 is 15.2 Å². The van der Waals surface area contributed by atoms with Crippen molar-refractivity contribution < 1.29 is 22.6 Å². The highest BCUT2D eigenvalue weighted by atomic mass is 19.4. The van der Waals surface area contributed by atoms with Crippen LogP contribution >= 0.6 is 0 Å². The van der Waals surface area contributed by atoms with Gasteiger partial charge in [0.05, 0.1) is 24.9 Å². The van der Waals surface area contributed by atoms with E-state index < -0.39 is 12.1 Å². The van der Waals surface area contributed by atoms with Crippen LogP contribution in [0.4, 0.5) is 19.0 Å². The summed E-state index contributed by atoms with van der Waals surface area (Å²) in [7, 11) is 0. The van der Waals surface area contributed by atoms with Gasteiger partial charge in [0, 0.05) is 42.5 Å². The number of rotatable bonds is 5. The number of pyridine rings is 1. The van der Waals surface area contributed by atoms with Crippen molar-refractivity contribution in [2.45, 2.75) is 44.6 Å². The number of fused-ring (bicyclic) bond motifs is 2. The molecule has 0 spiro atoms. The van der Waals surface area contributed by atoms with Crippen molar-refractivity contribution in [2.24, 2.45) is 11.8 Å². The quantitative estimate of drug-likeness (QED) is 0.772. The molecule has 4 fully saturated rings. The summed E-state index contributed by atoms with van der Waals surface area (Å²) in [5, 5.41) is 4.72. The number of halogens is 3. The Labute approximate surface area is 178 Å². The van der Waals surface area contributed by atoms with Crippen LogP contribution < -0.4 is 10.5 Å². The van der Waals surface area contributed by atoms with Gasteiger partial charge >= 0.3 is 6.36 Å². The zero-order valence-electron chi connectivity index (χ0n) is 17.5. The normalized spacial score (nSPS) is 26.6. The Morgan fingerprint density at radius 1 is 1.19 bits per heavy atom. The molecule has 1 saturated carbocycles. The lowest BCUT2D eigenvalue weighted by molar-refractivity contribution is -0.274. The Balaban J connectivity index is 1.43. The van der Waals surface area contributed by atoms with Crippen molar-refractivity contribution in [1.82, 2.24) is 19.7 Å². The second kappa shape index (κ2) is 7.37. The minimum absolute atomic E-state index is 0.133. The van der Waals surface area contributed by atoms with Crippen molar-refractivity contribution in [1.29, 1.82) is 0 Å². The average Bonchev–Trinajstić information content (AvgIpc) is 3.05. The van der Waals surface area contributed by atoms with Gasteiger partial charge in [-0.05, 0) is 44.2 Å². The molecule has 3 saturated heterocycles. The molecule has 1 aliphatic carbocycles. The molecule has 2 bridgehead atoms. The molecule has 2 N–H and O–H groups in total. The number of piperidine rings is 2. The molecule has 10 heteroatoms. The Hall–Kier alpha value is -2.33. The number of anilines is 1. The summed E-state index contributed by atoms with van der Waals surface area (Å²) < 4.78 is 49.5. The lowest BCUT2D eigenvalue weighted by Crippen LogP contribution is -2.61. The topological polar surface area (TPSA) is 78.4 Å². The van der Waals surface area contributed by atoms with E-state index in [4.69, 9.17) is 15.6 Å². The minimum Gasteiger partial charge on any atom is -0.402 e. The molecule has 0 amide bonds. The number of hydrogen-bond donors (Lipinski definition) is 1. The van der Waals surface area contributed by atoms with E-state index >= 15 is 0 Å². The lowest BCUT2D eigenvalue weighted by atomic mass is 9.60. The summed E-state index contributed by atoms with van der Waals surface area (Å²) in [5.41, 5.74) is 7.75. The van der Waals surface area contributed by atoms with Crippen molar-refractivity contribution in [3.8, 4) is 17.0 Å². The van der Waals surface area contributed by atoms with Gasteiger partial charge in [-0.1, -0.05) is 0 Å². The van der Waals surface area contributed by atoms with E-state index in [0.29, 0.717) is 35.1 Å². The van der Waals surface area contributed by atoms with Crippen LogP contribution in [0.5, 0.6) is 5.75 Å². The van der Waals surface area contributed by atoms with Crippen LogP contribution in [0.2, 0.25) is 0 Å². The minimum atomic E-state index is -4.84. The van der Waals surface area contributed by atoms with Crippen LogP contribution in [-0.2, 0) is 4.74 Å². The molecule has 0 radical (unpaired) electrons. The van der Waals surface area contributed by atoms with E-state index in [1.54, 1.807) is 0 Å². The van der Waals surface area contributed by atoms with Gasteiger partial charge in [-0.3, -0.25) is 9.58 Å². The van der Waals surface area contributed by atoms with Crippen LogP contribution in [-0.4, -0.2) is 58.4 Å². The maximum atomic E-state index is 12.7. The Kier molecular flexibility index (Phi) is 4.89. The summed E-state index contributed by atoms with van der Waals surface area (Å²) >= 11 is 0. The first-order chi connectivity index (χ1) is 14.7. The molecule has 2 unspecified atom stereocenters. The highest BCUT2D eigenvalue weighted by Crippen LogP contribution is 2.53. The number of nitrogen functional groups attached to an aromatic ring is 1. The van der Waals surface area contributed by atoms with Gasteiger partial charge in [0.1, 0.15) is 0 Å². The first-order valence-electron chi connectivity index (χ1n) is 10.6. The molecule has 0 aromatic carbocycles. The molecule has 2 aromatic rings. The molecule has 31 heavy (non-hydrogen) atoms. The van der Waals surface area contributed by atoms with E-state index in [-0.39, 0.29) is 11.9 Å². The molecule has 3 aliphatic heterocycles. The molecule has 7 nitrogen and oxygen atoms in total. The van der Waals surface area contributed by atoms with Gasteiger partial charge in [-0.2, -0.15) is 5.10 Å². The van der Waals surface area contributed by atoms with E-state index in [1.165, 1.54) is 18.7 Å². The first kappa shape index (κ1) is 20.6. The molecule has 2 atom stereocenters. The molecule has 5 heterocycles. The fourth-order valence-electron chi connectivity index (χ4n) is 5.15. The van der Waals surface area contributed by atoms with Crippen LogP contribution in [0.25, 0.3) is 11.3 Å². The second-order valence-corrected chi connectivity index (χ2v) is 9.07. The van der Waals surface area contributed by atoms with E-state index in [9.17, 15) is 13.2 Å². The Morgan fingerprint density at radius 2 is 1.90 bits per heavy atom. The van der Waals surface area contributed by atoms with Crippen LogP contribution in [0.3, 0.4) is 0 Å². The third-order valence-corrected chi connectivity index (χ3v) is 6.69. The monoisotopic (exact) mass is 437 g/mol. The molecule has 2 aromatic heterocycles. The van der Waals surface area contributed by atoms with Crippen LogP contribution in [0.1, 0.15) is 37.9 Å². The van der Waals surface area contributed by atoms with Crippen LogP contribution in [0, 0.1) is 11.8 Å². The summed E-state index contributed by atoms with van der Waals surface area (Å²) in [6.45, 7) is 7.88. The third kappa shape index (κ3) is 3.76. The molecular weight excluding hydrogens is 411 g/mol. The number of aromatic nitrogens is 3. The first-order valence-corrected chi connectivity index (χ1v) is 10.6. The standard InChI is InChI=1S/C21H26F3N5O2/c1-11(2)29-17(19-13-3-14(19)8-28(7-13)15-9-30-10-15)5-16(27-29)12-4-18(20(25)26-6-12)31-21(22,23)24/h4-6,11,13-15,19H,3,7-10H2,1-2H3,(H2,25,26). The summed E-state index contributed by atoms with van der Waals surface area (Å²) in [5.74, 6) is 0.723. The van der Waals surface area contributed by atoms with Crippen molar-refractivity contribution in [2.75, 3.05) is 32.0 Å². The van der Waals surface area contributed by atoms with E-state index in [1.807, 2.05) is 10.7 Å². The predicted octanol–water partition coefficient (Wildman–Crippen LogP) is 3.44. The fourth-order valence-corrected chi connectivity index (χ4v) is 5.15. The fraction of sp³-hybridized carbons (Fsp3) is 0.619. The SMILES string of the molecule is CC(C)n1nc(-c2cnc(N)c(OC(F)(F)F)c2)cc1C1C2CC1CN(C1COC1)C2. The molecule has 168 valence electrons. The van der Waals surface area contributed by atoms with E-state index in [0.717, 1.165) is 32.0 Å². The van der Waals surface area contributed by atoms with Gasteiger partial charge in [0.2, 0.25) is 0 Å². The third-order valence-electron chi connectivity index (χ3n) is 6.69. The Bertz CT molecular complexity index is 960. The molecule has 6 rings (SSSR count). The largest absolute Gasteiger partial charge is 0.573 e. The highest BCUT2D eigenvalue weighted by molar-refractivity contribution is 5.64. The number of nitrogens with two attached hydrogens (primary N) is 1. The average molecular weight is 437 g/mol.